The summed E-state index contributed by atoms with van der Waals surface area (Å²) in [7, 11) is 1.42. The van der Waals surface area contributed by atoms with Gasteiger partial charge in [0.05, 0.1) is 16.2 Å². The molecule has 0 spiro atoms. The lowest BCUT2D eigenvalue weighted by atomic mass is 10.1. The summed E-state index contributed by atoms with van der Waals surface area (Å²) in [6.07, 6.45) is -0.112. The Morgan fingerprint density at radius 1 is 1.20 bits per heavy atom. The standard InChI is InChI=1S/C16H14ClNO6S/c1-11-2-7-15(25(17,22)23)8-13(11)9-16(19)24-10-12-3-5-14(6-4-12)18(20)21/h2-8H,9-10H2,1H3. The van der Waals surface area contributed by atoms with Crippen LogP contribution in [0.25, 0.3) is 0 Å². The molecule has 0 aliphatic carbocycles. The molecule has 2 rings (SSSR count). The average molecular weight is 384 g/mol. The van der Waals surface area contributed by atoms with Crippen molar-refractivity contribution in [3.05, 3.63) is 69.3 Å². The van der Waals surface area contributed by atoms with Crippen molar-refractivity contribution in [2.24, 2.45) is 0 Å². The lowest BCUT2D eigenvalue weighted by Crippen LogP contribution is -2.09. The Morgan fingerprint density at radius 2 is 1.84 bits per heavy atom. The molecular formula is C16H14ClNO6S. The first-order valence-electron chi connectivity index (χ1n) is 7.10. The van der Waals surface area contributed by atoms with Gasteiger partial charge in [-0.2, -0.15) is 0 Å². The zero-order valence-electron chi connectivity index (χ0n) is 13.1. The Morgan fingerprint density at radius 3 is 2.40 bits per heavy atom. The van der Waals surface area contributed by atoms with Crippen LogP contribution in [0.4, 0.5) is 5.69 Å². The van der Waals surface area contributed by atoms with Crippen molar-refractivity contribution in [2.75, 3.05) is 0 Å². The van der Waals surface area contributed by atoms with E-state index in [-0.39, 0.29) is 23.6 Å². The van der Waals surface area contributed by atoms with Crippen molar-refractivity contribution >= 4 is 31.4 Å². The number of carbonyl (C=O) groups excluding carboxylic acids is 1. The van der Waals surface area contributed by atoms with Crippen LogP contribution >= 0.6 is 10.7 Å². The topological polar surface area (TPSA) is 104 Å². The van der Waals surface area contributed by atoms with Crippen LogP contribution in [-0.2, 0) is 31.6 Å². The number of nitro groups is 1. The van der Waals surface area contributed by atoms with Crippen LogP contribution in [0.3, 0.4) is 0 Å². The third-order valence-corrected chi connectivity index (χ3v) is 4.84. The maximum Gasteiger partial charge on any atom is 0.310 e. The van der Waals surface area contributed by atoms with Crippen molar-refractivity contribution < 1.29 is 22.9 Å². The average Bonchev–Trinajstić information content (AvgIpc) is 2.54. The maximum absolute atomic E-state index is 12.0. The van der Waals surface area contributed by atoms with Crippen molar-refractivity contribution in [1.29, 1.82) is 0 Å². The van der Waals surface area contributed by atoms with Gasteiger partial charge in [-0.3, -0.25) is 14.9 Å². The molecule has 0 aliphatic heterocycles. The molecule has 0 amide bonds. The van der Waals surface area contributed by atoms with Gasteiger partial charge in [-0.25, -0.2) is 8.42 Å². The Labute approximate surface area is 148 Å². The summed E-state index contributed by atoms with van der Waals surface area (Å²) in [4.78, 5) is 21.9. The predicted octanol–water partition coefficient (Wildman–Crippen LogP) is 3.12. The minimum Gasteiger partial charge on any atom is -0.461 e. The van der Waals surface area contributed by atoms with Crippen LogP contribution in [-0.4, -0.2) is 19.3 Å². The molecule has 25 heavy (non-hydrogen) atoms. The van der Waals surface area contributed by atoms with E-state index in [0.717, 1.165) is 5.56 Å². The highest BCUT2D eigenvalue weighted by atomic mass is 35.7. The van der Waals surface area contributed by atoms with Crippen molar-refractivity contribution in [3.8, 4) is 0 Å². The normalized spacial score (nSPS) is 11.1. The molecule has 0 fully saturated rings. The summed E-state index contributed by atoms with van der Waals surface area (Å²) in [6, 6.07) is 9.90. The van der Waals surface area contributed by atoms with E-state index in [1.54, 1.807) is 13.0 Å². The lowest BCUT2D eigenvalue weighted by molar-refractivity contribution is -0.384. The fourth-order valence-corrected chi connectivity index (χ4v) is 2.88. The fourth-order valence-electron chi connectivity index (χ4n) is 2.07. The molecule has 0 N–H and O–H groups in total. The monoisotopic (exact) mass is 383 g/mol. The molecule has 7 nitrogen and oxygen atoms in total. The third-order valence-electron chi connectivity index (χ3n) is 3.48. The highest BCUT2D eigenvalue weighted by Crippen LogP contribution is 2.20. The van der Waals surface area contributed by atoms with Gasteiger partial charge in [-0.05, 0) is 47.9 Å². The molecule has 0 aliphatic rings. The molecule has 132 valence electrons. The first kappa shape index (κ1) is 18.9. The summed E-state index contributed by atoms with van der Waals surface area (Å²) in [6.45, 7) is 1.70. The van der Waals surface area contributed by atoms with Crippen LogP contribution in [0.15, 0.2) is 47.4 Å². The van der Waals surface area contributed by atoms with Gasteiger partial charge in [0, 0.05) is 22.8 Å². The molecule has 0 heterocycles. The second kappa shape index (κ2) is 7.62. The number of benzene rings is 2. The second-order valence-electron chi connectivity index (χ2n) is 5.29. The van der Waals surface area contributed by atoms with E-state index >= 15 is 0 Å². The fraction of sp³-hybridized carbons (Fsp3) is 0.188. The smallest absolute Gasteiger partial charge is 0.310 e. The van der Waals surface area contributed by atoms with Crippen LogP contribution < -0.4 is 0 Å². The number of halogens is 1. The Hall–Kier alpha value is -2.45. The number of esters is 1. The molecule has 0 saturated carbocycles. The molecule has 0 radical (unpaired) electrons. The number of ether oxygens (including phenoxy) is 1. The highest BCUT2D eigenvalue weighted by molar-refractivity contribution is 8.13. The summed E-state index contributed by atoms with van der Waals surface area (Å²) in [5, 5.41) is 10.6. The number of nitrogens with zero attached hydrogens (tertiary/aromatic N) is 1. The number of carbonyl (C=O) groups is 1. The van der Waals surface area contributed by atoms with Gasteiger partial charge >= 0.3 is 5.97 Å². The Balaban J connectivity index is 2.02. The van der Waals surface area contributed by atoms with Crippen molar-refractivity contribution in [2.45, 2.75) is 24.8 Å². The molecule has 0 bridgehead atoms. The molecule has 0 aromatic heterocycles. The van der Waals surface area contributed by atoms with Gasteiger partial charge in [0.2, 0.25) is 0 Å². The van der Waals surface area contributed by atoms with Crippen LogP contribution in [0, 0.1) is 17.0 Å². The van der Waals surface area contributed by atoms with Gasteiger partial charge in [0.1, 0.15) is 6.61 Å². The van der Waals surface area contributed by atoms with Gasteiger partial charge in [0.25, 0.3) is 14.7 Å². The maximum atomic E-state index is 12.0. The van der Waals surface area contributed by atoms with Crippen LogP contribution in [0.5, 0.6) is 0 Å². The van der Waals surface area contributed by atoms with E-state index in [1.807, 2.05) is 0 Å². The third kappa shape index (κ3) is 5.27. The first-order valence-corrected chi connectivity index (χ1v) is 9.41. The van der Waals surface area contributed by atoms with E-state index in [1.165, 1.54) is 36.4 Å². The minimum absolute atomic E-state index is 0.0383. The van der Waals surface area contributed by atoms with E-state index in [9.17, 15) is 23.3 Å². The SMILES string of the molecule is Cc1ccc(S(=O)(=O)Cl)cc1CC(=O)OCc1ccc([N+](=O)[O-])cc1. The number of nitro benzene ring substituents is 1. The van der Waals surface area contributed by atoms with Gasteiger partial charge in [0.15, 0.2) is 0 Å². The van der Waals surface area contributed by atoms with Gasteiger partial charge in [-0.1, -0.05) is 6.07 Å². The quantitative estimate of drug-likeness (QED) is 0.328. The predicted molar refractivity (Wildman–Crippen MR) is 90.8 cm³/mol. The van der Waals surface area contributed by atoms with Gasteiger partial charge < -0.3 is 4.74 Å². The minimum atomic E-state index is -3.88. The zero-order chi connectivity index (χ0) is 18.6. The molecule has 2 aromatic rings. The second-order valence-corrected chi connectivity index (χ2v) is 7.85. The summed E-state index contributed by atoms with van der Waals surface area (Å²) >= 11 is 0. The molecule has 9 heteroatoms. The number of rotatable bonds is 6. The van der Waals surface area contributed by atoms with Gasteiger partial charge in [-0.15, -0.1) is 0 Å². The number of hydrogen-bond acceptors (Lipinski definition) is 6. The van der Waals surface area contributed by atoms with E-state index in [4.69, 9.17) is 15.4 Å². The molecule has 0 saturated heterocycles. The summed E-state index contributed by atoms with van der Waals surface area (Å²) in [5.41, 5.74) is 1.78. The first-order chi connectivity index (χ1) is 11.7. The largest absolute Gasteiger partial charge is 0.461 e. The van der Waals surface area contributed by atoms with E-state index < -0.39 is 19.9 Å². The van der Waals surface area contributed by atoms with Crippen LogP contribution in [0.1, 0.15) is 16.7 Å². The molecular weight excluding hydrogens is 370 g/mol. The molecule has 2 aromatic carbocycles. The van der Waals surface area contributed by atoms with Crippen molar-refractivity contribution in [3.63, 3.8) is 0 Å². The number of non-ortho nitro benzene ring substituents is 1. The van der Waals surface area contributed by atoms with E-state index in [2.05, 4.69) is 0 Å². The van der Waals surface area contributed by atoms with E-state index in [0.29, 0.717) is 11.1 Å². The lowest BCUT2D eigenvalue weighted by Gasteiger charge is -2.08. The summed E-state index contributed by atoms with van der Waals surface area (Å²) in [5.74, 6) is -0.550. The Bertz CT molecular complexity index is 909. The number of aryl methyl sites for hydroxylation is 1. The summed E-state index contributed by atoms with van der Waals surface area (Å²) < 4.78 is 27.9. The van der Waals surface area contributed by atoms with Crippen molar-refractivity contribution in [1.82, 2.24) is 0 Å². The number of hydrogen-bond donors (Lipinski definition) is 0. The zero-order valence-corrected chi connectivity index (χ0v) is 14.7. The highest BCUT2D eigenvalue weighted by Gasteiger charge is 2.14. The Kier molecular flexibility index (Phi) is 5.76. The molecule has 0 atom stereocenters. The van der Waals surface area contributed by atoms with Crippen LogP contribution in [0.2, 0.25) is 0 Å². The molecule has 0 unspecified atom stereocenters.